The van der Waals surface area contributed by atoms with Crippen LogP contribution >= 0.6 is 8.60 Å². The van der Waals surface area contributed by atoms with E-state index in [0.717, 1.165) is 0 Å². The van der Waals surface area contributed by atoms with Crippen molar-refractivity contribution in [1.82, 2.24) is 0 Å². The quantitative estimate of drug-likeness (QED) is 0.263. The molecule has 0 unspecified atom stereocenters. The van der Waals surface area contributed by atoms with Crippen molar-refractivity contribution in [3.8, 4) is 0 Å². The molecule has 8 heteroatoms. The standard InChI is InChI=1S/C10H20NO6P/c1-5-14-10(12)9(11-13-4)8-17-18(15-6-2)16-7-3/h5-8H2,1-4H3/b11-9+. The summed E-state index contributed by atoms with van der Waals surface area (Å²) in [6, 6.07) is 0. The maximum absolute atomic E-state index is 11.5. The Bertz CT molecular complexity index is 255. The van der Waals surface area contributed by atoms with Gasteiger partial charge in [-0.2, -0.15) is 0 Å². The average molecular weight is 281 g/mol. The number of ether oxygens (including phenoxy) is 1. The third kappa shape index (κ3) is 7.55. The largest absolute Gasteiger partial charge is 0.461 e. The van der Waals surface area contributed by atoms with Gasteiger partial charge in [-0.3, -0.25) is 0 Å². The third-order valence-corrected chi connectivity index (χ3v) is 2.77. The van der Waals surface area contributed by atoms with Crippen molar-refractivity contribution in [3.05, 3.63) is 0 Å². The van der Waals surface area contributed by atoms with Gasteiger partial charge in [-0.25, -0.2) is 4.79 Å². The van der Waals surface area contributed by atoms with Crippen molar-refractivity contribution in [2.45, 2.75) is 20.8 Å². The first-order chi connectivity index (χ1) is 8.69. The van der Waals surface area contributed by atoms with E-state index in [2.05, 4.69) is 9.99 Å². The van der Waals surface area contributed by atoms with Crippen molar-refractivity contribution in [3.63, 3.8) is 0 Å². The second-order valence-electron chi connectivity index (χ2n) is 2.77. The highest BCUT2D eigenvalue weighted by Gasteiger charge is 2.18. The van der Waals surface area contributed by atoms with Gasteiger partial charge in [-0.05, 0) is 20.8 Å². The molecule has 0 bridgehead atoms. The van der Waals surface area contributed by atoms with Gasteiger partial charge in [0.1, 0.15) is 13.7 Å². The van der Waals surface area contributed by atoms with Crippen LogP contribution in [0.2, 0.25) is 0 Å². The first kappa shape index (κ1) is 17.2. The number of oxime groups is 1. The highest BCUT2D eigenvalue weighted by molar-refractivity contribution is 7.41. The van der Waals surface area contributed by atoms with Crippen molar-refractivity contribution in [1.29, 1.82) is 0 Å². The molecule has 0 aliphatic rings. The third-order valence-electron chi connectivity index (χ3n) is 1.49. The van der Waals surface area contributed by atoms with E-state index in [1.807, 2.05) is 13.8 Å². The van der Waals surface area contributed by atoms with Gasteiger partial charge in [-0.1, -0.05) is 5.16 Å². The first-order valence-corrected chi connectivity index (χ1v) is 6.75. The fourth-order valence-corrected chi connectivity index (χ4v) is 1.76. The zero-order chi connectivity index (χ0) is 13.8. The Hall–Kier alpha value is -0.750. The maximum Gasteiger partial charge on any atom is 0.358 e. The molecule has 0 heterocycles. The molecular formula is C10H20NO6P. The highest BCUT2D eigenvalue weighted by atomic mass is 31.2. The molecule has 0 rings (SSSR count). The van der Waals surface area contributed by atoms with Gasteiger partial charge in [-0.15, -0.1) is 0 Å². The molecule has 0 N–H and O–H groups in total. The Morgan fingerprint density at radius 2 is 1.67 bits per heavy atom. The summed E-state index contributed by atoms with van der Waals surface area (Å²) in [6.07, 6.45) is 0. The number of rotatable bonds is 10. The van der Waals surface area contributed by atoms with Crippen LogP contribution in [-0.4, -0.2) is 45.2 Å². The number of hydrogen-bond donors (Lipinski definition) is 0. The number of carbonyl (C=O) groups is 1. The molecule has 0 aromatic rings. The van der Waals surface area contributed by atoms with Crippen LogP contribution < -0.4 is 0 Å². The molecule has 0 aromatic carbocycles. The summed E-state index contributed by atoms with van der Waals surface area (Å²) >= 11 is 0. The van der Waals surface area contributed by atoms with Crippen molar-refractivity contribution < 1.29 is 27.9 Å². The Morgan fingerprint density at radius 3 is 2.11 bits per heavy atom. The predicted octanol–water partition coefficient (Wildman–Crippen LogP) is 1.87. The van der Waals surface area contributed by atoms with Gasteiger partial charge in [0.15, 0.2) is 5.71 Å². The average Bonchev–Trinajstić information content (AvgIpc) is 2.35. The zero-order valence-corrected chi connectivity index (χ0v) is 12.1. The number of nitrogens with zero attached hydrogens (tertiary/aromatic N) is 1. The fourth-order valence-electron chi connectivity index (χ4n) is 0.884. The van der Waals surface area contributed by atoms with Gasteiger partial charge < -0.3 is 23.1 Å². The molecule has 0 aliphatic heterocycles. The van der Waals surface area contributed by atoms with Gasteiger partial charge in [0, 0.05) is 0 Å². The van der Waals surface area contributed by atoms with Gasteiger partial charge in [0.25, 0.3) is 0 Å². The lowest BCUT2D eigenvalue weighted by atomic mass is 10.4. The van der Waals surface area contributed by atoms with E-state index in [1.54, 1.807) is 6.92 Å². The van der Waals surface area contributed by atoms with E-state index >= 15 is 0 Å². The summed E-state index contributed by atoms with van der Waals surface area (Å²) in [4.78, 5) is 16.0. The molecule has 0 radical (unpaired) electrons. The van der Waals surface area contributed by atoms with Crippen LogP contribution in [0.25, 0.3) is 0 Å². The second-order valence-corrected chi connectivity index (χ2v) is 4.00. The smallest absolute Gasteiger partial charge is 0.358 e. The lowest BCUT2D eigenvalue weighted by Gasteiger charge is -2.14. The Labute approximate surface area is 108 Å². The molecule has 0 saturated carbocycles. The number of hydrogen-bond acceptors (Lipinski definition) is 7. The fraction of sp³-hybridized carbons (Fsp3) is 0.800. The summed E-state index contributed by atoms with van der Waals surface area (Å²) < 4.78 is 20.6. The van der Waals surface area contributed by atoms with E-state index in [1.165, 1.54) is 7.11 Å². The highest BCUT2D eigenvalue weighted by Crippen LogP contribution is 2.39. The molecule has 0 aromatic heterocycles. The minimum absolute atomic E-state index is 0.0336. The molecule has 0 fully saturated rings. The van der Waals surface area contributed by atoms with Crippen LogP contribution in [0.1, 0.15) is 20.8 Å². The Balaban J connectivity index is 4.31. The SMILES string of the molecule is CCOC(=O)/C(COP(OCC)OCC)=N/OC. The summed E-state index contributed by atoms with van der Waals surface area (Å²) in [5, 5.41) is 3.55. The van der Waals surface area contributed by atoms with Gasteiger partial charge in [0.05, 0.1) is 19.8 Å². The van der Waals surface area contributed by atoms with Crippen LogP contribution in [-0.2, 0) is 27.9 Å². The van der Waals surface area contributed by atoms with Crippen LogP contribution in [0.3, 0.4) is 0 Å². The lowest BCUT2D eigenvalue weighted by Crippen LogP contribution is -2.22. The van der Waals surface area contributed by atoms with E-state index in [0.29, 0.717) is 13.2 Å². The minimum Gasteiger partial charge on any atom is -0.461 e. The van der Waals surface area contributed by atoms with Crippen molar-refractivity contribution in [2.24, 2.45) is 5.16 Å². The Kier molecular flexibility index (Phi) is 10.9. The molecule has 0 aliphatic carbocycles. The molecule has 0 spiro atoms. The molecular weight excluding hydrogens is 261 g/mol. The molecule has 0 saturated heterocycles. The number of carbonyl (C=O) groups excluding carboxylic acids is 1. The second kappa shape index (κ2) is 11.3. The first-order valence-electron chi connectivity index (χ1n) is 5.65. The summed E-state index contributed by atoms with van der Waals surface area (Å²) in [5.74, 6) is -0.581. The van der Waals surface area contributed by atoms with Gasteiger partial charge >= 0.3 is 14.6 Å². The number of esters is 1. The topological polar surface area (TPSA) is 75.6 Å². The molecule has 18 heavy (non-hydrogen) atoms. The van der Waals surface area contributed by atoms with Crippen molar-refractivity contribution >= 4 is 20.3 Å². The van der Waals surface area contributed by atoms with E-state index in [4.69, 9.17) is 18.3 Å². The van der Waals surface area contributed by atoms with Crippen LogP contribution in [0, 0.1) is 0 Å². The lowest BCUT2D eigenvalue weighted by molar-refractivity contribution is -0.135. The molecule has 7 nitrogen and oxygen atoms in total. The summed E-state index contributed by atoms with van der Waals surface area (Å²) in [7, 11) is -0.142. The van der Waals surface area contributed by atoms with E-state index < -0.39 is 14.6 Å². The van der Waals surface area contributed by atoms with E-state index in [-0.39, 0.29) is 18.9 Å². The Morgan fingerprint density at radius 1 is 1.06 bits per heavy atom. The van der Waals surface area contributed by atoms with Crippen LogP contribution in [0.4, 0.5) is 0 Å². The van der Waals surface area contributed by atoms with Crippen LogP contribution in [0.15, 0.2) is 5.16 Å². The molecule has 106 valence electrons. The zero-order valence-electron chi connectivity index (χ0n) is 11.2. The van der Waals surface area contributed by atoms with Gasteiger partial charge in [0.2, 0.25) is 0 Å². The normalized spacial score (nSPS) is 11.7. The summed E-state index contributed by atoms with van der Waals surface area (Å²) in [5.41, 5.74) is 0.0336. The van der Waals surface area contributed by atoms with Crippen LogP contribution in [0.5, 0.6) is 0 Å². The summed E-state index contributed by atoms with van der Waals surface area (Å²) in [6.45, 7) is 6.45. The van der Waals surface area contributed by atoms with Crippen molar-refractivity contribution in [2.75, 3.05) is 33.5 Å². The monoisotopic (exact) mass is 281 g/mol. The maximum atomic E-state index is 11.5. The molecule has 0 atom stereocenters. The molecule has 0 amide bonds. The predicted molar refractivity (Wildman–Crippen MR) is 67.2 cm³/mol. The van der Waals surface area contributed by atoms with E-state index in [9.17, 15) is 4.79 Å². The minimum atomic E-state index is -1.48.